The van der Waals surface area contributed by atoms with Crippen LogP contribution in [0.2, 0.25) is 0 Å². The van der Waals surface area contributed by atoms with Gasteiger partial charge in [-0.1, -0.05) is 18.2 Å². The van der Waals surface area contributed by atoms with Gasteiger partial charge >= 0.3 is 0 Å². The Balaban J connectivity index is 1.28. The van der Waals surface area contributed by atoms with Crippen molar-refractivity contribution < 1.29 is 19.0 Å². The standard InChI is InChI=1S/C25H35N3O4/c1-19-16-22(17-25(30-3)32-19)28(2)14-5-7-24(29)27-13-15-31-23-10-8-20(9-11-23)21-6-4-12-26-18-21/h4,6,8-12,18-19,22,25H,5,7,13-17H2,1-3H3,(H,27,29)/t19-,22+,25-/m1/s1. The number of hydrogen-bond donors (Lipinski definition) is 1. The molecule has 1 fully saturated rings. The lowest BCUT2D eigenvalue weighted by Crippen LogP contribution is -2.44. The number of nitrogens with zero attached hydrogens (tertiary/aromatic N) is 2. The fourth-order valence-electron chi connectivity index (χ4n) is 3.98. The first kappa shape index (κ1) is 24.2. The summed E-state index contributed by atoms with van der Waals surface area (Å²) in [6.07, 6.45) is 6.84. The smallest absolute Gasteiger partial charge is 0.220 e. The molecule has 1 aromatic carbocycles. The van der Waals surface area contributed by atoms with Gasteiger partial charge in [0.05, 0.1) is 12.6 Å². The Morgan fingerprint density at radius 1 is 1.22 bits per heavy atom. The monoisotopic (exact) mass is 441 g/mol. The molecule has 7 nitrogen and oxygen atoms in total. The molecule has 0 bridgehead atoms. The zero-order valence-electron chi connectivity index (χ0n) is 19.3. The van der Waals surface area contributed by atoms with Gasteiger partial charge < -0.3 is 24.4 Å². The van der Waals surface area contributed by atoms with Crippen LogP contribution < -0.4 is 10.1 Å². The van der Waals surface area contributed by atoms with Gasteiger partial charge in [0.15, 0.2) is 6.29 Å². The van der Waals surface area contributed by atoms with Gasteiger partial charge in [-0.25, -0.2) is 0 Å². The molecule has 0 unspecified atom stereocenters. The first-order chi connectivity index (χ1) is 15.5. The predicted octanol–water partition coefficient (Wildman–Crippen LogP) is 3.50. The van der Waals surface area contributed by atoms with Crippen LogP contribution in [0.5, 0.6) is 5.75 Å². The SMILES string of the molecule is CO[C@H]1C[C@@H](N(C)CCCC(=O)NCCOc2ccc(-c3cccnc3)cc2)C[C@@H](C)O1. The topological polar surface area (TPSA) is 72.9 Å². The maximum Gasteiger partial charge on any atom is 0.220 e. The van der Waals surface area contributed by atoms with Crippen LogP contribution >= 0.6 is 0 Å². The van der Waals surface area contributed by atoms with E-state index in [1.807, 2.05) is 42.6 Å². The molecule has 32 heavy (non-hydrogen) atoms. The minimum Gasteiger partial charge on any atom is -0.492 e. The number of amides is 1. The normalized spacial score (nSPS) is 20.8. The molecular weight excluding hydrogens is 406 g/mol. The van der Waals surface area contributed by atoms with Crippen molar-refractivity contribution in [2.24, 2.45) is 0 Å². The van der Waals surface area contributed by atoms with Gasteiger partial charge in [-0.2, -0.15) is 0 Å². The first-order valence-electron chi connectivity index (χ1n) is 11.3. The lowest BCUT2D eigenvalue weighted by atomic mass is 10.0. The van der Waals surface area contributed by atoms with E-state index in [0.29, 0.717) is 25.6 Å². The fraction of sp³-hybridized carbons (Fsp3) is 0.520. The molecule has 0 aliphatic carbocycles. The molecule has 7 heteroatoms. The number of ether oxygens (including phenoxy) is 3. The van der Waals surface area contributed by atoms with Crippen LogP contribution in [0.25, 0.3) is 11.1 Å². The summed E-state index contributed by atoms with van der Waals surface area (Å²) in [4.78, 5) is 18.6. The Hall–Kier alpha value is -2.48. The number of nitrogens with one attached hydrogen (secondary N) is 1. The quantitative estimate of drug-likeness (QED) is 0.538. The molecule has 174 valence electrons. The van der Waals surface area contributed by atoms with Crippen molar-refractivity contribution in [3.63, 3.8) is 0 Å². The molecule has 3 atom stereocenters. The van der Waals surface area contributed by atoms with Crippen molar-refractivity contribution in [1.29, 1.82) is 0 Å². The highest BCUT2D eigenvalue weighted by atomic mass is 16.7. The number of methoxy groups -OCH3 is 1. The number of aromatic nitrogens is 1. The molecule has 0 saturated carbocycles. The highest BCUT2D eigenvalue weighted by molar-refractivity contribution is 5.75. The largest absolute Gasteiger partial charge is 0.492 e. The maximum atomic E-state index is 12.1. The number of pyridine rings is 1. The Labute approximate surface area is 191 Å². The molecule has 2 aromatic rings. The van der Waals surface area contributed by atoms with Gasteiger partial charge in [0.25, 0.3) is 0 Å². The lowest BCUT2D eigenvalue weighted by Gasteiger charge is -2.37. The van der Waals surface area contributed by atoms with Crippen molar-refractivity contribution in [3.8, 4) is 16.9 Å². The third kappa shape index (κ3) is 7.58. The highest BCUT2D eigenvalue weighted by Crippen LogP contribution is 2.24. The Morgan fingerprint density at radius 3 is 2.75 bits per heavy atom. The van der Waals surface area contributed by atoms with E-state index in [2.05, 4.69) is 29.2 Å². The van der Waals surface area contributed by atoms with Gasteiger partial charge in [0, 0.05) is 38.4 Å². The van der Waals surface area contributed by atoms with Crippen molar-refractivity contribution in [2.45, 2.75) is 51.0 Å². The number of rotatable bonds is 11. The van der Waals surface area contributed by atoms with Crippen molar-refractivity contribution >= 4 is 5.91 Å². The van der Waals surface area contributed by atoms with Crippen LogP contribution in [-0.4, -0.2) is 68.1 Å². The molecule has 1 aromatic heterocycles. The molecule has 1 aliphatic heterocycles. The molecule has 1 aliphatic rings. The zero-order valence-corrected chi connectivity index (χ0v) is 19.3. The van der Waals surface area contributed by atoms with Crippen LogP contribution in [0.1, 0.15) is 32.6 Å². The molecule has 1 N–H and O–H groups in total. The van der Waals surface area contributed by atoms with Gasteiger partial charge in [-0.05, 0) is 62.7 Å². The summed E-state index contributed by atoms with van der Waals surface area (Å²) in [6.45, 7) is 3.89. The van der Waals surface area contributed by atoms with Gasteiger partial charge in [0.1, 0.15) is 12.4 Å². The second kappa shape index (κ2) is 12.5. The van der Waals surface area contributed by atoms with Crippen LogP contribution in [-0.2, 0) is 14.3 Å². The second-order valence-corrected chi connectivity index (χ2v) is 8.29. The van der Waals surface area contributed by atoms with Crippen LogP contribution in [0.3, 0.4) is 0 Å². The predicted molar refractivity (Wildman–Crippen MR) is 124 cm³/mol. The Morgan fingerprint density at radius 2 is 2.03 bits per heavy atom. The zero-order chi connectivity index (χ0) is 22.8. The van der Waals surface area contributed by atoms with E-state index in [9.17, 15) is 4.79 Å². The number of carbonyl (C=O) groups is 1. The molecule has 2 heterocycles. The average Bonchev–Trinajstić information content (AvgIpc) is 2.82. The summed E-state index contributed by atoms with van der Waals surface area (Å²) in [7, 11) is 3.80. The average molecular weight is 442 g/mol. The van der Waals surface area contributed by atoms with E-state index in [4.69, 9.17) is 14.2 Å². The van der Waals surface area contributed by atoms with E-state index < -0.39 is 0 Å². The van der Waals surface area contributed by atoms with Gasteiger partial charge in [-0.15, -0.1) is 0 Å². The van der Waals surface area contributed by atoms with Crippen LogP contribution in [0.15, 0.2) is 48.8 Å². The maximum absolute atomic E-state index is 12.1. The van der Waals surface area contributed by atoms with Crippen molar-refractivity contribution in [2.75, 3.05) is 33.9 Å². The number of carbonyl (C=O) groups excluding carboxylic acids is 1. The molecule has 0 spiro atoms. The molecule has 1 amide bonds. The highest BCUT2D eigenvalue weighted by Gasteiger charge is 2.29. The van der Waals surface area contributed by atoms with E-state index in [1.54, 1.807) is 13.3 Å². The Bertz CT molecular complexity index is 816. The van der Waals surface area contributed by atoms with E-state index >= 15 is 0 Å². The second-order valence-electron chi connectivity index (χ2n) is 8.29. The van der Waals surface area contributed by atoms with Gasteiger partial charge in [0.2, 0.25) is 5.91 Å². The van der Waals surface area contributed by atoms with Gasteiger partial charge in [-0.3, -0.25) is 9.78 Å². The van der Waals surface area contributed by atoms with Crippen LogP contribution in [0, 0.1) is 0 Å². The molecule has 0 radical (unpaired) electrons. The summed E-state index contributed by atoms with van der Waals surface area (Å²) < 4.78 is 16.9. The lowest BCUT2D eigenvalue weighted by molar-refractivity contribution is -0.189. The van der Waals surface area contributed by atoms with Crippen LogP contribution in [0.4, 0.5) is 0 Å². The summed E-state index contributed by atoms with van der Waals surface area (Å²) in [5.74, 6) is 0.845. The third-order valence-electron chi connectivity index (χ3n) is 5.80. The molecular formula is C25H35N3O4. The molecule has 1 saturated heterocycles. The summed E-state index contributed by atoms with van der Waals surface area (Å²) in [5.41, 5.74) is 2.17. The van der Waals surface area contributed by atoms with Crippen molar-refractivity contribution in [3.05, 3.63) is 48.8 Å². The van der Waals surface area contributed by atoms with Crippen molar-refractivity contribution in [1.82, 2.24) is 15.2 Å². The summed E-state index contributed by atoms with van der Waals surface area (Å²) >= 11 is 0. The van der Waals surface area contributed by atoms with E-state index in [1.165, 1.54) is 0 Å². The summed E-state index contributed by atoms with van der Waals surface area (Å²) in [5, 5.41) is 2.94. The first-order valence-corrected chi connectivity index (χ1v) is 11.3. The summed E-state index contributed by atoms with van der Waals surface area (Å²) in [6, 6.07) is 12.3. The Kier molecular flexibility index (Phi) is 9.46. The number of hydrogen-bond acceptors (Lipinski definition) is 6. The number of benzene rings is 1. The fourth-order valence-corrected chi connectivity index (χ4v) is 3.98. The molecule has 3 rings (SSSR count). The minimum absolute atomic E-state index is 0.0593. The third-order valence-corrected chi connectivity index (χ3v) is 5.80. The van der Waals surface area contributed by atoms with E-state index in [0.717, 1.165) is 42.7 Å². The van der Waals surface area contributed by atoms with E-state index in [-0.39, 0.29) is 18.3 Å². The minimum atomic E-state index is -0.138.